The van der Waals surface area contributed by atoms with Gasteiger partial charge in [-0.05, 0) is 23.1 Å². The number of rotatable bonds is 4. The van der Waals surface area contributed by atoms with Gasteiger partial charge in [-0.15, -0.1) is 0 Å². The molecular formula is C17H18. The van der Waals surface area contributed by atoms with E-state index in [9.17, 15) is 0 Å². The number of hydrogen-bond acceptors (Lipinski definition) is 0. The van der Waals surface area contributed by atoms with E-state index in [4.69, 9.17) is 0 Å². The Kier molecular flexibility index (Phi) is 4.15. The summed E-state index contributed by atoms with van der Waals surface area (Å²) in [7, 11) is 0. The third-order valence-corrected chi connectivity index (χ3v) is 2.80. The molecule has 0 aliphatic rings. The van der Waals surface area contributed by atoms with Gasteiger partial charge in [-0.1, -0.05) is 80.1 Å². The van der Waals surface area contributed by atoms with E-state index in [2.05, 4.69) is 73.7 Å². The minimum absolute atomic E-state index is 1.14. The van der Waals surface area contributed by atoms with Gasteiger partial charge in [0.25, 0.3) is 0 Å². The van der Waals surface area contributed by atoms with E-state index in [1.807, 2.05) is 0 Å². The predicted molar refractivity (Wildman–Crippen MR) is 75.8 cm³/mol. The van der Waals surface area contributed by atoms with Gasteiger partial charge < -0.3 is 0 Å². The molecular weight excluding hydrogens is 204 g/mol. The minimum Gasteiger partial charge on any atom is -0.0839 e. The van der Waals surface area contributed by atoms with E-state index < -0.39 is 0 Å². The topological polar surface area (TPSA) is 0 Å². The van der Waals surface area contributed by atoms with Crippen LogP contribution in [-0.4, -0.2) is 0 Å². The van der Waals surface area contributed by atoms with Gasteiger partial charge in [0.05, 0.1) is 0 Å². The maximum absolute atomic E-state index is 2.25. The molecule has 0 aliphatic heterocycles. The molecule has 0 unspecified atom stereocenters. The highest BCUT2D eigenvalue weighted by molar-refractivity contribution is 5.75. The average Bonchev–Trinajstić information content (AvgIpc) is 2.41. The van der Waals surface area contributed by atoms with Gasteiger partial charge in [-0.2, -0.15) is 0 Å². The molecule has 0 spiro atoms. The lowest BCUT2D eigenvalue weighted by molar-refractivity contribution is 0.962. The first kappa shape index (κ1) is 11.7. The number of benzene rings is 2. The zero-order valence-corrected chi connectivity index (χ0v) is 10.3. The van der Waals surface area contributed by atoms with E-state index in [-0.39, 0.29) is 0 Å². The molecule has 0 aliphatic carbocycles. The van der Waals surface area contributed by atoms with E-state index in [1.54, 1.807) is 0 Å². The Hall–Kier alpha value is -1.82. The Labute approximate surface area is 104 Å². The van der Waals surface area contributed by atoms with Crippen molar-refractivity contribution in [2.45, 2.75) is 19.8 Å². The van der Waals surface area contributed by atoms with E-state index in [1.165, 1.54) is 23.1 Å². The third kappa shape index (κ3) is 3.07. The van der Waals surface area contributed by atoms with Crippen molar-refractivity contribution in [3.05, 3.63) is 66.2 Å². The highest BCUT2D eigenvalue weighted by Crippen LogP contribution is 2.24. The smallest absolute Gasteiger partial charge is 0.0112 e. The second-order valence-electron chi connectivity index (χ2n) is 4.14. The summed E-state index contributed by atoms with van der Waals surface area (Å²) in [5, 5.41) is 0. The van der Waals surface area contributed by atoms with Crippen LogP contribution in [0.15, 0.2) is 60.7 Å². The predicted octanol–water partition coefficient (Wildman–Crippen LogP) is 5.17. The Bertz CT molecular complexity index is 480. The van der Waals surface area contributed by atoms with Crippen molar-refractivity contribution in [3.8, 4) is 11.1 Å². The van der Waals surface area contributed by atoms with Gasteiger partial charge in [-0.25, -0.2) is 0 Å². The lowest BCUT2D eigenvalue weighted by atomic mass is 9.99. The normalized spacial score (nSPS) is 10.9. The number of unbranched alkanes of at least 4 members (excludes halogenated alkanes) is 1. The lowest BCUT2D eigenvalue weighted by Crippen LogP contribution is -1.82. The highest BCUT2D eigenvalue weighted by Gasteiger charge is 2.00. The molecule has 0 amide bonds. The molecule has 2 aromatic carbocycles. The summed E-state index contributed by atoms with van der Waals surface area (Å²) in [5.41, 5.74) is 3.89. The van der Waals surface area contributed by atoms with Gasteiger partial charge in [0.15, 0.2) is 0 Å². The summed E-state index contributed by atoms with van der Waals surface area (Å²) in [6.45, 7) is 2.20. The molecule has 0 bridgehead atoms. The zero-order chi connectivity index (χ0) is 11.9. The molecule has 2 aromatic rings. The summed E-state index contributed by atoms with van der Waals surface area (Å²) < 4.78 is 0. The van der Waals surface area contributed by atoms with Crippen LogP contribution in [0.3, 0.4) is 0 Å². The van der Waals surface area contributed by atoms with Crippen LogP contribution in [0.2, 0.25) is 0 Å². The molecule has 0 N–H and O–H groups in total. The van der Waals surface area contributed by atoms with Gasteiger partial charge in [0.1, 0.15) is 0 Å². The third-order valence-electron chi connectivity index (χ3n) is 2.80. The second kappa shape index (κ2) is 6.05. The van der Waals surface area contributed by atoms with Crippen molar-refractivity contribution < 1.29 is 0 Å². The summed E-state index contributed by atoms with van der Waals surface area (Å²) in [6.07, 6.45) is 6.82. The van der Waals surface area contributed by atoms with Crippen LogP contribution in [0.5, 0.6) is 0 Å². The van der Waals surface area contributed by atoms with Crippen LogP contribution in [0, 0.1) is 0 Å². The molecule has 0 radical (unpaired) electrons. The Balaban J connectivity index is 2.34. The van der Waals surface area contributed by atoms with Crippen LogP contribution in [0.1, 0.15) is 25.3 Å². The first-order valence-electron chi connectivity index (χ1n) is 6.23. The van der Waals surface area contributed by atoms with Crippen LogP contribution in [0.4, 0.5) is 0 Å². The fraction of sp³-hybridized carbons (Fsp3) is 0.176. The minimum atomic E-state index is 1.14. The van der Waals surface area contributed by atoms with Crippen LogP contribution in [-0.2, 0) is 0 Å². The number of hydrogen-bond donors (Lipinski definition) is 0. The molecule has 0 saturated carbocycles. The summed E-state index contributed by atoms with van der Waals surface area (Å²) in [6, 6.07) is 19.1. The molecule has 0 fully saturated rings. The molecule has 0 heteroatoms. The van der Waals surface area contributed by atoms with Gasteiger partial charge in [0, 0.05) is 0 Å². The summed E-state index contributed by atoms with van der Waals surface area (Å²) in [4.78, 5) is 0. The molecule has 0 heterocycles. The number of allylic oxidation sites excluding steroid dienone is 1. The largest absolute Gasteiger partial charge is 0.0839 e. The van der Waals surface area contributed by atoms with Crippen molar-refractivity contribution in [1.29, 1.82) is 0 Å². The maximum atomic E-state index is 2.25. The first-order valence-corrected chi connectivity index (χ1v) is 6.23. The Morgan fingerprint density at radius 2 is 1.59 bits per heavy atom. The quantitative estimate of drug-likeness (QED) is 0.669. The van der Waals surface area contributed by atoms with E-state index in [0.717, 1.165) is 6.42 Å². The lowest BCUT2D eigenvalue weighted by Gasteiger charge is -2.05. The van der Waals surface area contributed by atoms with Gasteiger partial charge in [0.2, 0.25) is 0 Å². The van der Waals surface area contributed by atoms with Crippen molar-refractivity contribution in [2.75, 3.05) is 0 Å². The standard InChI is InChI=1S/C17H18/c1-2-3-5-10-15-13-8-9-14-17(15)16-11-6-4-7-12-16/h4-14H,2-3H2,1H3. The van der Waals surface area contributed by atoms with E-state index >= 15 is 0 Å². The van der Waals surface area contributed by atoms with Gasteiger partial charge in [-0.3, -0.25) is 0 Å². The molecule has 0 nitrogen and oxygen atoms in total. The summed E-state index contributed by atoms with van der Waals surface area (Å²) >= 11 is 0. The molecule has 0 aromatic heterocycles. The molecule has 2 rings (SSSR count). The first-order chi connectivity index (χ1) is 8.42. The van der Waals surface area contributed by atoms with Crippen LogP contribution < -0.4 is 0 Å². The summed E-state index contributed by atoms with van der Waals surface area (Å²) in [5.74, 6) is 0. The fourth-order valence-electron chi connectivity index (χ4n) is 1.90. The fourth-order valence-corrected chi connectivity index (χ4v) is 1.90. The van der Waals surface area contributed by atoms with Crippen LogP contribution >= 0.6 is 0 Å². The Morgan fingerprint density at radius 3 is 2.35 bits per heavy atom. The van der Waals surface area contributed by atoms with Crippen LogP contribution in [0.25, 0.3) is 17.2 Å². The second-order valence-corrected chi connectivity index (χ2v) is 4.14. The molecule has 86 valence electrons. The molecule has 0 saturated heterocycles. The Morgan fingerprint density at radius 1 is 0.882 bits per heavy atom. The van der Waals surface area contributed by atoms with Crippen molar-refractivity contribution in [2.24, 2.45) is 0 Å². The van der Waals surface area contributed by atoms with Crippen molar-refractivity contribution >= 4 is 6.08 Å². The molecule has 0 atom stereocenters. The SMILES string of the molecule is CCCC=Cc1ccccc1-c1ccccc1. The monoisotopic (exact) mass is 222 g/mol. The van der Waals surface area contributed by atoms with Crippen molar-refractivity contribution in [1.82, 2.24) is 0 Å². The van der Waals surface area contributed by atoms with E-state index in [0.29, 0.717) is 0 Å². The zero-order valence-electron chi connectivity index (χ0n) is 10.3. The van der Waals surface area contributed by atoms with Gasteiger partial charge >= 0.3 is 0 Å². The average molecular weight is 222 g/mol. The molecule has 17 heavy (non-hydrogen) atoms. The maximum Gasteiger partial charge on any atom is -0.0112 e. The van der Waals surface area contributed by atoms with Crippen molar-refractivity contribution in [3.63, 3.8) is 0 Å². The highest BCUT2D eigenvalue weighted by atomic mass is 14.0.